The van der Waals surface area contributed by atoms with E-state index in [1.54, 1.807) is 12.1 Å². The van der Waals surface area contributed by atoms with Crippen LogP contribution in [0.4, 0.5) is 16.2 Å². The first kappa shape index (κ1) is 24.5. The SMILES string of the molecule is CCN(CC)S(=O)(=O)c1ccc(N2CCN(C)CC2)c(NC(=O)NC2CCc3ccccc32)c1. The molecule has 0 bridgehead atoms. The number of hydrogen-bond donors (Lipinski definition) is 2. The third kappa shape index (κ3) is 5.06. The van der Waals surface area contributed by atoms with E-state index in [2.05, 4.69) is 39.6 Å². The molecule has 0 aromatic heterocycles. The third-order valence-electron chi connectivity index (χ3n) is 6.84. The van der Waals surface area contributed by atoms with Crippen LogP contribution >= 0.6 is 0 Å². The molecule has 4 rings (SSSR count). The number of sulfonamides is 1. The zero-order chi connectivity index (χ0) is 24.3. The van der Waals surface area contributed by atoms with Crippen molar-refractivity contribution in [3.63, 3.8) is 0 Å². The number of fused-ring (bicyclic) bond motifs is 1. The average Bonchev–Trinajstić information content (AvgIpc) is 3.23. The van der Waals surface area contributed by atoms with Crippen molar-refractivity contribution < 1.29 is 13.2 Å². The second kappa shape index (κ2) is 10.3. The highest BCUT2D eigenvalue weighted by molar-refractivity contribution is 7.89. The van der Waals surface area contributed by atoms with E-state index in [1.165, 1.54) is 9.87 Å². The molecule has 0 spiro atoms. The minimum atomic E-state index is -3.64. The fraction of sp³-hybridized carbons (Fsp3) is 0.480. The number of hydrogen-bond acceptors (Lipinski definition) is 5. The standard InChI is InChI=1S/C25H35N5O3S/c1-4-30(5-2)34(32,33)20-11-13-24(29-16-14-28(3)15-17-29)23(18-20)27-25(31)26-22-12-10-19-8-6-7-9-21(19)22/h6-9,11,13,18,22H,4-5,10,12,14-17H2,1-3H3,(H2,26,27,31). The molecule has 2 N–H and O–H groups in total. The Morgan fingerprint density at radius 2 is 1.76 bits per heavy atom. The topological polar surface area (TPSA) is 85.0 Å². The van der Waals surface area contributed by atoms with Crippen molar-refractivity contribution in [2.45, 2.75) is 37.6 Å². The number of piperazine rings is 1. The Balaban J connectivity index is 1.60. The molecule has 9 heteroatoms. The summed E-state index contributed by atoms with van der Waals surface area (Å²) < 4.78 is 27.7. The van der Waals surface area contributed by atoms with E-state index in [0.717, 1.165) is 50.3 Å². The summed E-state index contributed by atoms with van der Waals surface area (Å²) in [6, 6.07) is 12.9. The molecule has 184 valence electrons. The molecule has 1 heterocycles. The third-order valence-corrected chi connectivity index (χ3v) is 8.89. The lowest BCUT2D eigenvalue weighted by molar-refractivity contribution is 0.248. The van der Waals surface area contributed by atoms with Crippen molar-refractivity contribution in [2.75, 3.05) is 56.5 Å². The predicted molar refractivity (Wildman–Crippen MR) is 136 cm³/mol. The summed E-state index contributed by atoms with van der Waals surface area (Å²) in [6.07, 6.45) is 1.79. The highest BCUT2D eigenvalue weighted by Crippen LogP contribution is 2.33. The second-order valence-electron chi connectivity index (χ2n) is 8.95. The van der Waals surface area contributed by atoms with Crippen molar-refractivity contribution in [3.8, 4) is 0 Å². The maximum atomic E-state index is 13.2. The molecule has 1 fully saturated rings. The minimum absolute atomic E-state index is 0.0501. The summed E-state index contributed by atoms with van der Waals surface area (Å²) in [4.78, 5) is 17.7. The number of carbonyl (C=O) groups is 1. The van der Waals surface area contributed by atoms with E-state index < -0.39 is 10.0 Å². The first-order chi connectivity index (χ1) is 16.3. The number of likely N-dealkylation sites (N-methyl/N-ethyl adjacent to an activating group) is 1. The molecule has 1 saturated heterocycles. The quantitative estimate of drug-likeness (QED) is 0.629. The van der Waals surface area contributed by atoms with Crippen LogP contribution in [0.15, 0.2) is 47.4 Å². The summed E-state index contributed by atoms with van der Waals surface area (Å²) in [7, 11) is -1.56. The molecule has 2 amide bonds. The number of anilines is 2. The second-order valence-corrected chi connectivity index (χ2v) is 10.9. The first-order valence-corrected chi connectivity index (χ1v) is 13.5. The van der Waals surface area contributed by atoms with Crippen molar-refractivity contribution in [3.05, 3.63) is 53.6 Å². The number of nitrogens with zero attached hydrogens (tertiary/aromatic N) is 3. The Morgan fingerprint density at radius 3 is 2.47 bits per heavy atom. The number of urea groups is 1. The molecule has 2 aromatic carbocycles. The lowest BCUT2D eigenvalue weighted by Crippen LogP contribution is -2.45. The highest BCUT2D eigenvalue weighted by atomic mass is 32.2. The van der Waals surface area contributed by atoms with Gasteiger partial charge in [0.25, 0.3) is 0 Å². The van der Waals surface area contributed by atoms with Crippen LogP contribution in [0.2, 0.25) is 0 Å². The molecule has 1 unspecified atom stereocenters. The van der Waals surface area contributed by atoms with Gasteiger partial charge in [-0.05, 0) is 49.2 Å². The summed E-state index contributed by atoms with van der Waals surface area (Å²) in [6.45, 7) is 7.87. The van der Waals surface area contributed by atoms with E-state index in [4.69, 9.17) is 0 Å². The molecule has 34 heavy (non-hydrogen) atoms. The van der Waals surface area contributed by atoms with Gasteiger partial charge in [0.15, 0.2) is 0 Å². The summed E-state index contributed by atoms with van der Waals surface area (Å²) in [5.41, 5.74) is 3.77. The maximum Gasteiger partial charge on any atom is 0.319 e. The van der Waals surface area contributed by atoms with Gasteiger partial charge < -0.3 is 20.4 Å². The van der Waals surface area contributed by atoms with Gasteiger partial charge in [-0.1, -0.05) is 38.1 Å². The number of nitrogens with one attached hydrogen (secondary N) is 2. The van der Waals surface area contributed by atoms with Gasteiger partial charge in [-0.25, -0.2) is 13.2 Å². The fourth-order valence-corrected chi connectivity index (χ4v) is 6.32. The maximum absolute atomic E-state index is 13.2. The molecule has 1 atom stereocenters. The van der Waals surface area contributed by atoms with Crippen LogP contribution in [-0.4, -0.2) is 70.0 Å². The van der Waals surface area contributed by atoms with Crippen molar-refractivity contribution in [2.24, 2.45) is 0 Å². The van der Waals surface area contributed by atoms with Gasteiger partial charge in [-0.2, -0.15) is 4.31 Å². The van der Waals surface area contributed by atoms with Crippen LogP contribution in [-0.2, 0) is 16.4 Å². The molecule has 8 nitrogen and oxygen atoms in total. The van der Waals surface area contributed by atoms with Crippen LogP contribution in [0.3, 0.4) is 0 Å². The number of rotatable bonds is 7. The molecular formula is C25H35N5O3S. The van der Waals surface area contributed by atoms with Gasteiger partial charge in [-0.15, -0.1) is 0 Å². The smallest absolute Gasteiger partial charge is 0.319 e. The van der Waals surface area contributed by atoms with E-state index in [9.17, 15) is 13.2 Å². The van der Waals surface area contributed by atoms with Gasteiger partial charge in [-0.3, -0.25) is 0 Å². The molecule has 2 aromatic rings. The molecule has 0 radical (unpaired) electrons. The number of aryl methyl sites for hydroxylation is 1. The number of carbonyl (C=O) groups excluding carboxylic acids is 1. The van der Waals surface area contributed by atoms with Gasteiger partial charge in [0.1, 0.15) is 0 Å². The largest absolute Gasteiger partial charge is 0.367 e. The van der Waals surface area contributed by atoms with E-state index in [-0.39, 0.29) is 17.0 Å². The Labute approximate surface area is 203 Å². The summed E-state index contributed by atoms with van der Waals surface area (Å²) >= 11 is 0. The van der Waals surface area contributed by atoms with Crippen molar-refractivity contribution in [1.82, 2.24) is 14.5 Å². The predicted octanol–water partition coefficient (Wildman–Crippen LogP) is 3.28. The van der Waals surface area contributed by atoms with Gasteiger partial charge >= 0.3 is 6.03 Å². The van der Waals surface area contributed by atoms with Crippen LogP contribution in [0.1, 0.15) is 37.4 Å². The highest BCUT2D eigenvalue weighted by Gasteiger charge is 2.27. The lowest BCUT2D eigenvalue weighted by atomic mass is 10.1. The number of benzene rings is 2. The monoisotopic (exact) mass is 485 g/mol. The van der Waals surface area contributed by atoms with Crippen molar-refractivity contribution >= 4 is 27.4 Å². The molecule has 2 aliphatic rings. The van der Waals surface area contributed by atoms with Gasteiger partial charge in [0.05, 0.1) is 22.3 Å². The van der Waals surface area contributed by atoms with Crippen LogP contribution in [0, 0.1) is 0 Å². The zero-order valence-corrected chi connectivity index (χ0v) is 21.1. The van der Waals surface area contributed by atoms with Crippen LogP contribution < -0.4 is 15.5 Å². The molecular weight excluding hydrogens is 450 g/mol. The Morgan fingerprint density at radius 1 is 1.06 bits per heavy atom. The van der Waals surface area contributed by atoms with E-state index in [1.807, 2.05) is 32.0 Å². The average molecular weight is 486 g/mol. The Kier molecular flexibility index (Phi) is 7.45. The summed E-state index contributed by atoms with van der Waals surface area (Å²) in [5, 5.41) is 6.06. The van der Waals surface area contributed by atoms with Gasteiger partial charge in [0.2, 0.25) is 10.0 Å². The Bertz CT molecular complexity index is 1130. The normalized spacial score (nSPS) is 18.7. The van der Waals surface area contributed by atoms with Crippen molar-refractivity contribution in [1.29, 1.82) is 0 Å². The molecule has 1 aliphatic heterocycles. The molecule has 1 aliphatic carbocycles. The van der Waals surface area contributed by atoms with E-state index >= 15 is 0 Å². The van der Waals surface area contributed by atoms with Crippen LogP contribution in [0.25, 0.3) is 0 Å². The summed E-state index contributed by atoms with van der Waals surface area (Å²) in [5.74, 6) is 0. The zero-order valence-electron chi connectivity index (χ0n) is 20.3. The lowest BCUT2D eigenvalue weighted by Gasteiger charge is -2.35. The number of amides is 2. The minimum Gasteiger partial charge on any atom is -0.367 e. The first-order valence-electron chi connectivity index (χ1n) is 12.1. The van der Waals surface area contributed by atoms with Gasteiger partial charge in [0, 0.05) is 39.3 Å². The van der Waals surface area contributed by atoms with E-state index in [0.29, 0.717) is 18.8 Å². The molecule has 0 saturated carbocycles. The Hall–Kier alpha value is -2.62. The fourth-order valence-electron chi connectivity index (χ4n) is 4.84. The van der Waals surface area contributed by atoms with Crippen LogP contribution in [0.5, 0.6) is 0 Å².